The molecule has 104 valence electrons. The SMILES string of the molecule is O=c1cc(CN2CCCNc3ccccc32)occ1O. The topological polar surface area (TPSA) is 65.7 Å². The Kier molecular flexibility index (Phi) is 3.33. The lowest BCUT2D eigenvalue weighted by Crippen LogP contribution is -2.23. The zero-order valence-corrected chi connectivity index (χ0v) is 11.0. The van der Waals surface area contributed by atoms with E-state index in [0.29, 0.717) is 12.3 Å². The highest BCUT2D eigenvalue weighted by atomic mass is 16.4. The molecule has 5 heteroatoms. The van der Waals surface area contributed by atoms with E-state index in [9.17, 15) is 9.90 Å². The van der Waals surface area contributed by atoms with Gasteiger partial charge in [-0.2, -0.15) is 0 Å². The zero-order valence-electron chi connectivity index (χ0n) is 11.0. The van der Waals surface area contributed by atoms with E-state index in [1.807, 2.05) is 24.3 Å². The van der Waals surface area contributed by atoms with Crippen molar-refractivity contribution < 1.29 is 9.52 Å². The second-order valence-electron chi connectivity index (χ2n) is 4.81. The average molecular weight is 272 g/mol. The summed E-state index contributed by atoms with van der Waals surface area (Å²) in [7, 11) is 0. The maximum absolute atomic E-state index is 11.5. The van der Waals surface area contributed by atoms with Gasteiger partial charge < -0.3 is 19.7 Å². The number of hydrogen-bond donors (Lipinski definition) is 2. The molecule has 20 heavy (non-hydrogen) atoms. The molecule has 2 N–H and O–H groups in total. The standard InChI is InChI=1S/C15H16N2O3/c18-14-8-11(20-10-15(14)19)9-17-7-3-6-16-12-4-1-2-5-13(12)17/h1-2,4-5,8,10,16,19H,3,6-7,9H2. The van der Waals surface area contributed by atoms with E-state index in [-0.39, 0.29) is 5.75 Å². The van der Waals surface area contributed by atoms with Crippen LogP contribution in [0.5, 0.6) is 5.75 Å². The summed E-state index contributed by atoms with van der Waals surface area (Å²) in [6.45, 7) is 2.32. The van der Waals surface area contributed by atoms with E-state index in [1.165, 1.54) is 6.07 Å². The summed E-state index contributed by atoms with van der Waals surface area (Å²) in [5.74, 6) is 0.191. The molecule has 1 aromatic heterocycles. The molecule has 3 rings (SSSR count). The number of fused-ring (bicyclic) bond motifs is 1. The van der Waals surface area contributed by atoms with E-state index in [1.54, 1.807) is 0 Å². The fourth-order valence-corrected chi connectivity index (χ4v) is 2.39. The van der Waals surface area contributed by atoms with Crippen molar-refractivity contribution in [3.05, 3.63) is 52.6 Å². The molecule has 0 radical (unpaired) electrons. The number of para-hydroxylation sites is 2. The van der Waals surface area contributed by atoms with Crippen LogP contribution in [0.25, 0.3) is 0 Å². The summed E-state index contributed by atoms with van der Waals surface area (Å²) in [5.41, 5.74) is 1.78. The van der Waals surface area contributed by atoms with Crippen molar-refractivity contribution in [1.82, 2.24) is 0 Å². The van der Waals surface area contributed by atoms with Crippen LogP contribution in [0.2, 0.25) is 0 Å². The quantitative estimate of drug-likeness (QED) is 0.877. The Bertz CT molecular complexity index is 666. The van der Waals surface area contributed by atoms with Gasteiger partial charge in [0, 0.05) is 19.2 Å². The maximum atomic E-state index is 11.5. The molecule has 1 aliphatic rings. The van der Waals surface area contributed by atoms with Crippen LogP contribution >= 0.6 is 0 Å². The lowest BCUT2D eigenvalue weighted by atomic mass is 10.2. The average Bonchev–Trinajstić information content (AvgIpc) is 2.66. The van der Waals surface area contributed by atoms with Crippen LogP contribution in [0.4, 0.5) is 11.4 Å². The first-order chi connectivity index (χ1) is 9.74. The maximum Gasteiger partial charge on any atom is 0.226 e. The number of nitrogens with one attached hydrogen (secondary N) is 1. The van der Waals surface area contributed by atoms with Crippen molar-refractivity contribution in [2.24, 2.45) is 0 Å². The summed E-state index contributed by atoms with van der Waals surface area (Å²) in [4.78, 5) is 13.6. The van der Waals surface area contributed by atoms with E-state index >= 15 is 0 Å². The first kappa shape index (κ1) is 12.6. The molecular weight excluding hydrogens is 256 g/mol. The normalized spacial score (nSPS) is 14.3. The third-order valence-electron chi connectivity index (χ3n) is 3.38. The van der Waals surface area contributed by atoms with E-state index < -0.39 is 5.43 Å². The Morgan fingerprint density at radius 3 is 3.05 bits per heavy atom. The fraction of sp³-hybridized carbons (Fsp3) is 0.267. The van der Waals surface area contributed by atoms with Gasteiger partial charge in [-0.3, -0.25) is 4.79 Å². The summed E-state index contributed by atoms with van der Waals surface area (Å²) in [5, 5.41) is 12.6. The number of benzene rings is 1. The summed E-state index contributed by atoms with van der Waals surface area (Å²) in [6.07, 6.45) is 2.11. The van der Waals surface area contributed by atoms with Gasteiger partial charge in [0.1, 0.15) is 12.0 Å². The molecule has 1 aromatic carbocycles. The molecule has 0 spiro atoms. The number of anilines is 2. The van der Waals surface area contributed by atoms with E-state index in [2.05, 4.69) is 10.2 Å². The van der Waals surface area contributed by atoms with Gasteiger partial charge in [0.15, 0.2) is 5.75 Å². The van der Waals surface area contributed by atoms with E-state index in [4.69, 9.17) is 4.42 Å². The molecule has 0 aliphatic carbocycles. The van der Waals surface area contributed by atoms with Crippen LogP contribution in [-0.2, 0) is 6.54 Å². The highest BCUT2D eigenvalue weighted by Gasteiger charge is 2.16. The molecule has 2 aromatic rings. The van der Waals surface area contributed by atoms with Gasteiger partial charge in [-0.1, -0.05) is 12.1 Å². The molecule has 1 aliphatic heterocycles. The Morgan fingerprint density at radius 1 is 1.35 bits per heavy atom. The fourth-order valence-electron chi connectivity index (χ4n) is 2.39. The van der Waals surface area contributed by atoms with E-state index in [0.717, 1.165) is 37.1 Å². The van der Waals surface area contributed by atoms with Crippen LogP contribution in [0.1, 0.15) is 12.2 Å². The summed E-state index contributed by atoms with van der Waals surface area (Å²) in [6, 6.07) is 9.42. The van der Waals surface area contributed by atoms with Gasteiger partial charge >= 0.3 is 0 Å². The number of rotatable bonds is 2. The molecule has 0 atom stereocenters. The highest BCUT2D eigenvalue weighted by molar-refractivity contribution is 5.70. The first-order valence-electron chi connectivity index (χ1n) is 6.62. The van der Waals surface area contributed by atoms with Crippen LogP contribution in [0, 0.1) is 0 Å². The van der Waals surface area contributed by atoms with Gasteiger partial charge in [0.2, 0.25) is 5.43 Å². The molecule has 0 saturated carbocycles. The Balaban J connectivity index is 1.90. The Morgan fingerprint density at radius 2 is 2.20 bits per heavy atom. The predicted octanol–water partition coefficient (Wildman–Crippen LogP) is 2.17. The second-order valence-corrected chi connectivity index (χ2v) is 4.81. The van der Waals surface area contributed by atoms with Gasteiger partial charge in [0.05, 0.1) is 17.9 Å². The van der Waals surface area contributed by atoms with Crippen LogP contribution in [0.15, 0.2) is 45.8 Å². The van der Waals surface area contributed by atoms with Gasteiger partial charge in [0.25, 0.3) is 0 Å². The van der Waals surface area contributed by atoms with Gasteiger partial charge in [-0.25, -0.2) is 0 Å². The predicted molar refractivity (Wildman–Crippen MR) is 77.2 cm³/mol. The minimum absolute atomic E-state index is 0.355. The molecular formula is C15H16N2O3. The smallest absolute Gasteiger partial charge is 0.226 e. The molecule has 0 unspecified atom stereocenters. The molecule has 0 bridgehead atoms. The first-order valence-corrected chi connectivity index (χ1v) is 6.62. The van der Waals surface area contributed by atoms with Gasteiger partial charge in [-0.05, 0) is 18.6 Å². The second kappa shape index (κ2) is 5.28. The van der Waals surface area contributed by atoms with Crippen LogP contribution in [-0.4, -0.2) is 18.2 Å². The molecule has 0 fully saturated rings. The van der Waals surface area contributed by atoms with Crippen molar-refractivity contribution >= 4 is 11.4 Å². The van der Waals surface area contributed by atoms with Crippen LogP contribution in [0.3, 0.4) is 0 Å². The lowest BCUT2D eigenvalue weighted by Gasteiger charge is -2.23. The van der Waals surface area contributed by atoms with Crippen molar-refractivity contribution in [3.63, 3.8) is 0 Å². The monoisotopic (exact) mass is 272 g/mol. The zero-order chi connectivity index (χ0) is 13.9. The number of hydrogen-bond acceptors (Lipinski definition) is 5. The summed E-state index contributed by atoms with van der Waals surface area (Å²) >= 11 is 0. The van der Waals surface area contributed by atoms with Crippen molar-refractivity contribution in [2.75, 3.05) is 23.3 Å². The van der Waals surface area contributed by atoms with Gasteiger partial charge in [-0.15, -0.1) is 0 Å². The third-order valence-corrected chi connectivity index (χ3v) is 3.38. The largest absolute Gasteiger partial charge is 0.502 e. The highest BCUT2D eigenvalue weighted by Crippen LogP contribution is 2.29. The molecule has 2 heterocycles. The number of aromatic hydroxyl groups is 1. The number of nitrogens with zero attached hydrogens (tertiary/aromatic N) is 1. The van der Waals surface area contributed by atoms with Crippen molar-refractivity contribution in [1.29, 1.82) is 0 Å². The molecule has 5 nitrogen and oxygen atoms in total. The lowest BCUT2D eigenvalue weighted by molar-refractivity contribution is 0.411. The van der Waals surface area contributed by atoms with Crippen molar-refractivity contribution in [3.8, 4) is 5.75 Å². The minimum Gasteiger partial charge on any atom is -0.502 e. The Hall–Kier alpha value is -2.43. The molecule has 0 saturated heterocycles. The third kappa shape index (κ3) is 2.47. The van der Waals surface area contributed by atoms with Crippen LogP contribution < -0.4 is 15.6 Å². The minimum atomic E-state index is -0.410. The summed E-state index contributed by atoms with van der Waals surface area (Å²) < 4.78 is 5.29. The molecule has 0 amide bonds. The Labute approximate surface area is 116 Å². The van der Waals surface area contributed by atoms with Crippen molar-refractivity contribution in [2.45, 2.75) is 13.0 Å².